The molecule has 0 spiro atoms. The molecule has 0 bridgehead atoms. The average molecular weight is 275 g/mol. The molecule has 3 nitrogen and oxygen atoms in total. The molecule has 0 unspecified atom stereocenters. The lowest BCUT2D eigenvalue weighted by molar-refractivity contribution is -0.121. The summed E-state index contributed by atoms with van der Waals surface area (Å²) in [5.41, 5.74) is 7.04. The van der Waals surface area contributed by atoms with Crippen molar-refractivity contribution in [2.75, 3.05) is 13.7 Å². The smallest absolute Gasteiger partial charge is 0.137 e. The van der Waals surface area contributed by atoms with Gasteiger partial charge in [0.1, 0.15) is 11.5 Å². The maximum absolute atomic E-state index is 12.3. The first-order valence-electron chi connectivity index (χ1n) is 7.52. The van der Waals surface area contributed by atoms with Crippen molar-refractivity contribution in [2.45, 2.75) is 44.9 Å². The molecule has 0 amide bonds. The van der Waals surface area contributed by atoms with Gasteiger partial charge < -0.3 is 10.5 Å². The second kappa shape index (κ2) is 6.89. The topological polar surface area (TPSA) is 52.3 Å². The van der Waals surface area contributed by atoms with Gasteiger partial charge in [0.2, 0.25) is 0 Å². The summed E-state index contributed by atoms with van der Waals surface area (Å²) in [4.78, 5) is 12.3. The summed E-state index contributed by atoms with van der Waals surface area (Å²) in [5, 5.41) is 0. The molecule has 0 aliphatic heterocycles. The van der Waals surface area contributed by atoms with Crippen LogP contribution in [0.15, 0.2) is 24.3 Å². The van der Waals surface area contributed by atoms with Crippen LogP contribution in [0.4, 0.5) is 0 Å². The van der Waals surface area contributed by atoms with E-state index in [2.05, 4.69) is 0 Å². The number of carbonyl (C=O) groups is 1. The quantitative estimate of drug-likeness (QED) is 0.868. The zero-order chi connectivity index (χ0) is 14.4. The number of Topliss-reactive ketones (excluding diaryl/α,β-unsaturated/α-hetero) is 1. The van der Waals surface area contributed by atoms with Crippen molar-refractivity contribution >= 4 is 5.78 Å². The summed E-state index contributed by atoms with van der Waals surface area (Å²) >= 11 is 0. The second-order valence-electron chi connectivity index (χ2n) is 6.01. The number of benzene rings is 1. The van der Waals surface area contributed by atoms with E-state index >= 15 is 0 Å². The Morgan fingerprint density at radius 2 is 2.05 bits per heavy atom. The summed E-state index contributed by atoms with van der Waals surface area (Å²) in [6, 6.07) is 7.75. The Bertz CT molecular complexity index is 450. The predicted octanol–water partition coefficient (Wildman–Crippen LogP) is 3.11. The van der Waals surface area contributed by atoms with E-state index in [0.717, 1.165) is 24.2 Å². The van der Waals surface area contributed by atoms with Crippen molar-refractivity contribution in [2.24, 2.45) is 11.1 Å². The van der Waals surface area contributed by atoms with E-state index in [4.69, 9.17) is 10.5 Å². The fourth-order valence-corrected chi connectivity index (χ4v) is 3.25. The van der Waals surface area contributed by atoms with Crippen LogP contribution >= 0.6 is 0 Å². The highest BCUT2D eigenvalue weighted by atomic mass is 16.5. The summed E-state index contributed by atoms with van der Waals surface area (Å²) < 4.78 is 5.20. The molecule has 1 aliphatic rings. The van der Waals surface area contributed by atoms with E-state index < -0.39 is 0 Å². The third kappa shape index (κ3) is 3.83. The maximum atomic E-state index is 12.3. The van der Waals surface area contributed by atoms with Crippen LogP contribution in [0, 0.1) is 5.41 Å². The van der Waals surface area contributed by atoms with Crippen molar-refractivity contribution in [3.63, 3.8) is 0 Å². The molecule has 0 saturated heterocycles. The molecular weight excluding hydrogens is 250 g/mol. The third-order valence-corrected chi connectivity index (χ3v) is 4.45. The molecular formula is C17H25NO2. The second-order valence-corrected chi connectivity index (χ2v) is 6.01. The first-order chi connectivity index (χ1) is 9.67. The number of nitrogens with two attached hydrogens (primary N) is 1. The van der Waals surface area contributed by atoms with Gasteiger partial charge in [0.05, 0.1) is 7.11 Å². The summed E-state index contributed by atoms with van der Waals surface area (Å²) in [6.07, 6.45) is 7.03. The molecule has 1 aromatic carbocycles. The molecule has 0 heterocycles. The number of hydrogen-bond acceptors (Lipinski definition) is 3. The van der Waals surface area contributed by atoms with Gasteiger partial charge in [0.25, 0.3) is 0 Å². The van der Waals surface area contributed by atoms with Gasteiger partial charge in [-0.05, 0) is 42.5 Å². The molecule has 2 rings (SSSR count). The number of hydrogen-bond donors (Lipinski definition) is 1. The van der Waals surface area contributed by atoms with Crippen LogP contribution in [-0.2, 0) is 11.2 Å². The van der Waals surface area contributed by atoms with Gasteiger partial charge in [-0.1, -0.05) is 31.4 Å². The van der Waals surface area contributed by atoms with Gasteiger partial charge in [-0.25, -0.2) is 0 Å². The first kappa shape index (κ1) is 15.0. The third-order valence-electron chi connectivity index (χ3n) is 4.45. The molecule has 1 aromatic rings. The van der Waals surface area contributed by atoms with Gasteiger partial charge in [-0.2, -0.15) is 0 Å². The minimum absolute atomic E-state index is 0.0637. The van der Waals surface area contributed by atoms with Crippen LogP contribution < -0.4 is 10.5 Å². The van der Waals surface area contributed by atoms with Crippen molar-refractivity contribution in [1.29, 1.82) is 0 Å². The Morgan fingerprint density at radius 1 is 1.30 bits per heavy atom. The number of rotatable bonds is 6. The van der Waals surface area contributed by atoms with E-state index in [1.807, 2.05) is 24.3 Å². The highest BCUT2D eigenvalue weighted by Gasteiger charge is 2.32. The molecule has 0 radical (unpaired) electrons. The monoisotopic (exact) mass is 275 g/mol. The zero-order valence-electron chi connectivity index (χ0n) is 12.4. The molecule has 20 heavy (non-hydrogen) atoms. The zero-order valence-corrected chi connectivity index (χ0v) is 12.4. The van der Waals surface area contributed by atoms with Crippen LogP contribution in [0.1, 0.15) is 44.1 Å². The molecule has 3 heteroatoms. The highest BCUT2D eigenvalue weighted by Crippen LogP contribution is 2.38. The van der Waals surface area contributed by atoms with Crippen LogP contribution in [0.3, 0.4) is 0 Å². The summed E-state index contributed by atoms with van der Waals surface area (Å²) in [7, 11) is 1.65. The van der Waals surface area contributed by atoms with Crippen molar-refractivity contribution in [3.8, 4) is 5.75 Å². The van der Waals surface area contributed by atoms with E-state index in [1.165, 1.54) is 19.3 Å². The molecule has 0 aromatic heterocycles. The molecule has 2 N–H and O–H groups in total. The van der Waals surface area contributed by atoms with E-state index in [9.17, 15) is 4.79 Å². The van der Waals surface area contributed by atoms with E-state index in [0.29, 0.717) is 25.2 Å². The van der Waals surface area contributed by atoms with Crippen molar-refractivity contribution in [3.05, 3.63) is 29.8 Å². The van der Waals surface area contributed by atoms with Crippen molar-refractivity contribution in [1.82, 2.24) is 0 Å². The number of carbonyl (C=O) groups excluding carboxylic acids is 1. The minimum Gasteiger partial charge on any atom is -0.497 e. The fraction of sp³-hybridized carbons (Fsp3) is 0.588. The van der Waals surface area contributed by atoms with Crippen molar-refractivity contribution < 1.29 is 9.53 Å². The summed E-state index contributed by atoms with van der Waals surface area (Å²) in [6.45, 7) is 0.636. The van der Waals surface area contributed by atoms with Crippen LogP contribution in [0.2, 0.25) is 0 Å². The fourth-order valence-electron chi connectivity index (χ4n) is 3.25. The Balaban J connectivity index is 1.97. The average Bonchev–Trinajstić information content (AvgIpc) is 2.48. The number of ketones is 1. The molecule has 1 saturated carbocycles. The minimum atomic E-state index is 0.0637. The molecule has 1 fully saturated rings. The first-order valence-corrected chi connectivity index (χ1v) is 7.52. The SMILES string of the molecule is COc1cccc(CC(=O)CC2(CN)CCCCC2)c1. The summed E-state index contributed by atoms with van der Waals surface area (Å²) in [5.74, 6) is 1.10. The molecule has 1 aliphatic carbocycles. The lowest BCUT2D eigenvalue weighted by atomic mass is 9.70. The lowest BCUT2D eigenvalue weighted by Gasteiger charge is -2.35. The molecule has 0 atom stereocenters. The largest absolute Gasteiger partial charge is 0.497 e. The van der Waals surface area contributed by atoms with Crippen LogP contribution in [-0.4, -0.2) is 19.4 Å². The van der Waals surface area contributed by atoms with Gasteiger partial charge in [0, 0.05) is 12.8 Å². The van der Waals surface area contributed by atoms with E-state index in [1.54, 1.807) is 7.11 Å². The van der Waals surface area contributed by atoms with Gasteiger partial charge in [-0.3, -0.25) is 4.79 Å². The predicted molar refractivity (Wildman–Crippen MR) is 80.9 cm³/mol. The Hall–Kier alpha value is -1.35. The standard InChI is InChI=1S/C17H25NO2/c1-20-16-7-5-6-14(11-16)10-15(19)12-17(13-18)8-3-2-4-9-17/h5-7,11H,2-4,8-10,12-13,18H2,1H3. The number of methoxy groups -OCH3 is 1. The van der Waals surface area contributed by atoms with E-state index in [-0.39, 0.29) is 5.41 Å². The van der Waals surface area contributed by atoms with Gasteiger partial charge in [-0.15, -0.1) is 0 Å². The van der Waals surface area contributed by atoms with Crippen LogP contribution in [0.25, 0.3) is 0 Å². The lowest BCUT2D eigenvalue weighted by Crippen LogP contribution is -2.35. The van der Waals surface area contributed by atoms with Crippen LogP contribution in [0.5, 0.6) is 5.75 Å². The Morgan fingerprint density at radius 3 is 2.70 bits per heavy atom. The maximum Gasteiger partial charge on any atom is 0.137 e. The van der Waals surface area contributed by atoms with Gasteiger partial charge >= 0.3 is 0 Å². The number of ether oxygens (including phenoxy) is 1. The Kier molecular flexibility index (Phi) is 5.18. The molecule has 110 valence electrons. The normalized spacial score (nSPS) is 17.7. The van der Waals surface area contributed by atoms with Gasteiger partial charge in [0.15, 0.2) is 0 Å². The highest BCUT2D eigenvalue weighted by molar-refractivity contribution is 5.81. The Labute approximate surface area is 121 Å².